The van der Waals surface area contributed by atoms with Crippen molar-refractivity contribution in [2.45, 2.75) is 0 Å². The van der Waals surface area contributed by atoms with Gasteiger partial charge in [0.1, 0.15) is 12.4 Å². The molecule has 0 atom stereocenters. The van der Waals surface area contributed by atoms with Crippen molar-refractivity contribution in [3.63, 3.8) is 0 Å². The van der Waals surface area contributed by atoms with E-state index in [0.717, 1.165) is 23.7 Å². The molecule has 1 aromatic heterocycles. The summed E-state index contributed by atoms with van der Waals surface area (Å²) in [6.07, 6.45) is 0. The van der Waals surface area contributed by atoms with Crippen molar-refractivity contribution in [1.82, 2.24) is 0 Å². The Kier molecular flexibility index (Phi) is 4.27. The third-order valence-corrected chi connectivity index (χ3v) is 3.03. The molecule has 4 heteroatoms. The number of nitrogens with one attached hydrogen (secondary N) is 2. The van der Waals surface area contributed by atoms with Gasteiger partial charge in [0.15, 0.2) is 0 Å². The molecule has 1 aromatic carbocycles. The van der Waals surface area contributed by atoms with Crippen LogP contribution in [0.5, 0.6) is 5.75 Å². The normalized spacial score (nSPS) is 9.94. The highest BCUT2D eigenvalue weighted by atomic mass is 32.1. The van der Waals surface area contributed by atoms with Crippen molar-refractivity contribution in [2.24, 2.45) is 0 Å². The first-order chi connectivity index (χ1) is 8.38. The first-order valence-electron chi connectivity index (χ1n) is 5.55. The van der Waals surface area contributed by atoms with Gasteiger partial charge in [-0.05, 0) is 23.6 Å². The average Bonchev–Trinajstić information content (AvgIpc) is 2.88. The number of thiophene rings is 1. The minimum absolute atomic E-state index is 0.656. The maximum Gasteiger partial charge on any atom is 0.121 e. The van der Waals surface area contributed by atoms with E-state index in [0.29, 0.717) is 6.61 Å². The largest absolute Gasteiger partial charge is 0.492 e. The third-order valence-electron chi connectivity index (χ3n) is 2.34. The van der Waals surface area contributed by atoms with E-state index in [2.05, 4.69) is 27.5 Å². The number of hydrogen-bond donors (Lipinski definition) is 2. The summed E-state index contributed by atoms with van der Waals surface area (Å²) in [6, 6.07) is 10.0. The van der Waals surface area contributed by atoms with E-state index in [9.17, 15) is 0 Å². The Labute approximate surface area is 105 Å². The van der Waals surface area contributed by atoms with Gasteiger partial charge in [-0.25, -0.2) is 0 Å². The lowest BCUT2D eigenvalue weighted by Crippen LogP contribution is -2.10. The van der Waals surface area contributed by atoms with Crippen molar-refractivity contribution in [3.8, 4) is 5.75 Å². The van der Waals surface area contributed by atoms with Gasteiger partial charge in [0.05, 0.1) is 0 Å². The van der Waals surface area contributed by atoms with Crippen LogP contribution in [0.25, 0.3) is 0 Å². The number of ether oxygens (including phenoxy) is 1. The summed E-state index contributed by atoms with van der Waals surface area (Å²) >= 11 is 1.69. The minimum Gasteiger partial charge on any atom is -0.492 e. The SMILES string of the molecule is CNc1cccc(OCCNc2ccsc2)c1. The first kappa shape index (κ1) is 11.8. The van der Waals surface area contributed by atoms with Crippen molar-refractivity contribution in [1.29, 1.82) is 0 Å². The molecule has 1 heterocycles. The van der Waals surface area contributed by atoms with Crippen LogP contribution in [0.15, 0.2) is 41.1 Å². The highest BCUT2D eigenvalue weighted by Crippen LogP contribution is 2.16. The van der Waals surface area contributed by atoms with Crippen LogP contribution in [0.2, 0.25) is 0 Å². The summed E-state index contributed by atoms with van der Waals surface area (Å²) < 4.78 is 5.65. The molecule has 0 unspecified atom stereocenters. The zero-order chi connectivity index (χ0) is 11.9. The molecule has 2 N–H and O–H groups in total. The summed E-state index contributed by atoms with van der Waals surface area (Å²) in [5.41, 5.74) is 2.22. The molecule has 0 fully saturated rings. The molecule has 0 saturated carbocycles. The Morgan fingerprint density at radius 2 is 2.18 bits per heavy atom. The van der Waals surface area contributed by atoms with Gasteiger partial charge in [0.2, 0.25) is 0 Å². The lowest BCUT2D eigenvalue weighted by Gasteiger charge is -2.08. The summed E-state index contributed by atoms with van der Waals surface area (Å²) in [5, 5.41) is 10.5. The fourth-order valence-corrected chi connectivity index (χ4v) is 2.08. The van der Waals surface area contributed by atoms with Crippen molar-refractivity contribution >= 4 is 22.7 Å². The molecule has 0 bridgehead atoms. The number of anilines is 2. The van der Waals surface area contributed by atoms with Crippen LogP contribution in [-0.2, 0) is 0 Å². The average molecular weight is 248 g/mol. The highest BCUT2D eigenvalue weighted by Gasteiger charge is 1.95. The van der Waals surface area contributed by atoms with Gasteiger partial charge in [-0.3, -0.25) is 0 Å². The maximum atomic E-state index is 5.65. The molecule has 90 valence electrons. The van der Waals surface area contributed by atoms with E-state index >= 15 is 0 Å². The molecule has 0 spiro atoms. The molecule has 17 heavy (non-hydrogen) atoms. The Balaban J connectivity index is 1.74. The second kappa shape index (κ2) is 6.15. The van der Waals surface area contributed by atoms with Crippen LogP contribution >= 0.6 is 11.3 Å². The standard InChI is InChI=1S/C13H16N2OS/c1-14-11-3-2-4-13(9-11)16-7-6-15-12-5-8-17-10-12/h2-5,8-10,14-15H,6-7H2,1H3. The lowest BCUT2D eigenvalue weighted by atomic mass is 10.3. The third kappa shape index (κ3) is 3.67. The maximum absolute atomic E-state index is 5.65. The van der Waals surface area contributed by atoms with Crippen LogP contribution in [0.1, 0.15) is 0 Å². The molecular weight excluding hydrogens is 232 g/mol. The molecule has 0 aliphatic heterocycles. The molecule has 2 aromatic rings. The fraction of sp³-hybridized carbons (Fsp3) is 0.231. The van der Waals surface area contributed by atoms with Crippen LogP contribution < -0.4 is 15.4 Å². The molecule has 0 radical (unpaired) electrons. The van der Waals surface area contributed by atoms with Gasteiger partial charge in [0.25, 0.3) is 0 Å². The topological polar surface area (TPSA) is 33.3 Å². The Bertz CT molecular complexity index is 442. The second-order valence-corrected chi connectivity index (χ2v) is 4.35. The van der Waals surface area contributed by atoms with Gasteiger partial charge in [-0.2, -0.15) is 11.3 Å². The molecule has 0 aliphatic rings. The molecule has 2 rings (SSSR count). The van der Waals surface area contributed by atoms with Crippen LogP contribution in [-0.4, -0.2) is 20.2 Å². The van der Waals surface area contributed by atoms with Crippen LogP contribution in [0.4, 0.5) is 11.4 Å². The van der Waals surface area contributed by atoms with E-state index in [-0.39, 0.29) is 0 Å². The van der Waals surface area contributed by atoms with E-state index in [1.165, 1.54) is 0 Å². The fourth-order valence-electron chi connectivity index (χ4n) is 1.47. The summed E-state index contributed by atoms with van der Waals surface area (Å²) in [5.74, 6) is 0.893. The highest BCUT2D eigenvalue weighted by molar-refractivity contribution is 7.08. The predicted molar refractivity (Wildman–Crippen MR) is 74.3 cm³/mol. The Morgan fingerprint density at radius 1 is 1.24 bits per heavy atom. The first-order valence-corrected chi connectivity index (χ1v) is 6.49. The minimum atomic E-state index is 0.656. The molecule has 0 saturated heterocycles. The van der Waals surface area contributed by atoms with Gasteiger partial charge in [-0.15, -0.1) is 0 Å². The van der Waals surface area contributed by atoms with E-state index < -0.39 is 0 Å². The van der Waals surface area contributed by atoms with Gasteiger partial charge in [-0.1, -0.05) is 6.07 Å². The Morgan fingerprint density at radius 3 is 2.94 bits per heavy atom. The molecule has 3 nitrogen and oxygen atoms in total. The monoisotopic (exact) mass is 248 g/mol. The molecule has 0 aliphatic carbocycles. The van der Waals surface area contributed by atoms with Gasteiger partial charge >= 0.3 is 0 Å². The lowest BCUT2D eigenvalue weighted by molar-refractivity contribution is 0.333. The number of rotatable bonds is 6. The molecular formula is C13H16N2OS. The second-order valence-electron chi connectivity index (χ2n) is 3.57. The number of benzene rings is 1. The zero-order valence-corrected chi connectivity index (χ0v) is 10.6. The summed E-state index contributed by atoms with van der Waals surface area (Å²) in [7, 11) is 1.90. The summed E-state index contributed by atoms with van der Waals surface area (Å²) in [6.45, 7) is 1.46. The van der Waals surface area contributed by atoms with E-state index in [4.69, 9.17) is 4.74 Å². The summed E-state index contributed by atoms with van der Waals surface area (Å²) in [4.78, 5) is 0. The van der Waals surface area contributed by atoms with Gasteiger partial charge in [0, 0.05) is 36.4 Å². The van der Waals surface area contributed by atoms with Crippen LogP contribution in [0, 0.1) is 0 Å². The zero-order valence-electron chi connectivity index (χ0n) is 9.77. The van der Waals surface area contributed by atoms with Crippen molar-refractivity contribution in [3.05, 3.63) is 41.1 Å². The predicted octanol–water partition coefficient (Wildman–Crippen LogP) is 3.28. The Hall–Kier alpha value is -1.68. The quantitative estimate of drug-likeness (QED) is 0.770. The van der Waals surface area contributed by atoms with Crippen molar-refractivity contribution < 1.29 is 4.74 Å². The molecule has 0 amide bonds. The van der Waals surface area contributed by atoms with E-state index in [1.807, 2.05) is 31.3 Å². The van der Waals surface area contributed by atoms with Crippen LogP contribution in [0.3, 0.4) is 0 Å². The smallest absolute Gasteiger partial charge is 0.121 e. The van der Waals surface area contributed by atoms with E-state index in [1.54, 1.807) is 11.3 Å². The number of hydrogen-bond acceptors (Lipinski definition) is 4. The van der Waals surface area contributed by atoms with Gasteiger partial charge < -0.3 is 15.4 Å². The van der Waals surface area contributed by atoms with Crippen molar-refractivity contribution in [2.75, 3.05) is 30.8 Å².